The molecule has 4 nitrogen and oxygen atoms in total. The zero-order valence-electron chi connectivity index (χ0n) is 10.9. The van der Waals surface area contributed by atoms with E-state index < -0.39 is 0 Å². The summed E-state index contributed by atoms with van der Waals surface area (Å²) in [5.41, 5.74) is 0. The maximum Gasteiger partial charge on any atom is 0.122 e. The number of nitrogens with zero attached hydrogens (tertiary/aromatic N) is 3. The molecule has 0 bridgehead atoms. The standard InChI is InChI=1S/C12H24N4/c1-5-6-11(13-2)9-15(3)10-12-14-7-8-16(12)4/h7-8,11,13H,5-6,9-10H2,1-4H3. The minimum Gasteiger partial charge on any atom is -0.337 e. The molecule has 0 radical (unpaired) electrons. The van der Waals surface area contributed by atoms with Crippen molar-refractivity contribution in [1.82, 2.24) is 19.8 Å². The Morgan fingerprint density at radius 1 is 1.56 bits per heavy atom. The fourth-order valence-corrected chi connectivity index (χ4v) is 1.91. The summed E-state index contributed by atoms with van der Waals surface area (Å²) in [5.74, 6) is 1.12. The molecule has 4 heteroatoms. The van der Waals surface area contributed by atoms with Crippen molar-refractivity contribution in [3.05, 3.63) is 18.2 Å². The second kappa shape index (κ2) is 6.66. The van der Waals surface area contributed by atoms with Gasteiger partial charge in [0.05, 0.1) is 6.54 Å². The molecule has 0 saturated carbocycles. The molecule has 1 heterocycles. The first-order valence-corrected chi connectivity index (χ1v) is 5.99. The zero-order valence-corrected chi connectivity index (χ0v) is 10.9. The van der Waals surface area contributed by atoms with Crippen molar-refractivity contribution in [3.63, 3.8) is 0 Å². The minimum absolute atomic E-state index is 0.579. The third-order valence-electron chi connectivity index (χ3n) is 2.91. The van der Waals surface area contributed by atoms with Gasteiger partial charge in [-0.15, -0.1) is 0 Å². The van der Waals surface area contributed by atoms with Crippen LogP contribution in [0.15, 0.2) is 12.4 Å². The molecule has 1 aromatic rings. The van der Waals surface area contributed by atoms with Gasteiger partial charge in [0.2, 0.25) is 0 Å². The molecule has 0 fully saturated rings. The van der Waals surface area contributed by atoms with Gasteiger partial charge in [-0.25, -0.2) is 4.98 Å². The lowest BCUT2D eigenvalue weighted by Crippen LogP contribution is -2.37. The molecule has 1 atom stereocenters. The van der Waals surface area contributed by atoms with E-state index in [0.29, 0.717) is 6.04 Å². The molecule has 0 saturated heterocycles. The van der Waals surface area contributed by atoms with Gasteiger partial charge in [-0.2, -0.15) is 0 Å². The van der Waals surface area contributed by atoms with Crippen molar-refractivity contribution >= 4 is 0 Å². The third kappa shape index (κ3) is 3.94. The summed E-state index contributed by atoms with van der Waals surface area (Å²) in [6.07, 6.45) is 6.29. The second-order valence-electron chi connectivity index (χ2n) is 4.43. The van der Waals surface area contributed by atoms with Gasteiger partial charge in [0, 0.05) is 32.0 Å². The smallest absolute Gasteiger partial charge is 0.122 e. The lowest BCUT2D eigenvalue weighted by Gasteiger charge is -2.23. The zero-order chi connectivity index (χ0) is 12.0. The van der Waals surface area contributed by atoms with E-state index in [1.807, 2.05) is 26.5 Å². The van der Waals surface area contributed by atoms with Crippen LogP contribution in [0, 0.1) is 0 Å². The number of aryl methyl sites for hydroxylation is 1. The maximum atomic E-state index is 4.34. The van der Waals surface area contributed by atoms with Gasteiger partial charge in [-0.1, -0.05) is 13.3 Å². The van der Waals surface area contributed by atoms with Crippen molar-refractivity contribution < 1.29 is 0 Å². The van der Waals surface area contributed by atoms with Crippen LogP contribution < -0.4 is 5.32 Å². The van der Waals surface area contributed by atoms with Crippen molar-refractivity contribution in [2.24, 2.45) is 7.05 Å². The Balaban J connectivity index is 2.40. The Morgan fingerprint density at radius 3 is 2.81 bits per heavy atom. The number of nitrogens with one attached hydrogen (secondary N) is 1. The number of aromatic nitrogens is 2. The molecule has 1 N–H and O–H groups in total. The summed E-state index contributed by atoms with van der Waals surface area (Å²) < 4.78 is 2.07. The van der Waals surface area contributed by atoms with Crippen molar-refractivity contribution in [2.45, 2.75) is 32.4 Å². The largest absolute Gasteiger partial charge is 0.337 e. The molecular formula is C12H24N4. The SMILES string of the molecule is CCCC(CN(C)Cc1nccn1C)NC. The van der Waals surface area contributed by atoms with Crippen LogP contribution in [0.5, 0.6) is 0 Å². The third-order valence-corrected chi connectivity index (χ3v) is 2.91. The van der Waals surface area contributed by atoms with Crippen molar-refractivity contribution in [3.8, 4) is 0 Å². The van der Waals surface area contributed by atoms with Crippen molar-refractivity contribution in [2.75, 3.05) is 20.6 Å². The van der Waals surface area contributed by atoms with Crippen LogP contribution in [0.1, 0.15) is 25.6 Å². The highest BCUT2D eigenvalue weighted by Gasteiger charge is 2.10. The Kier molecular flexibility index (Phi) is 5.49. The molecule has 0 spiro atoms. The molecule has 1 aromatic heterocycles. The quantitative estimate of drug-likeness (QED) is 0.756. The van der Waals surface area contributed by atoms with Gasteiger partial charge in [0.15, 0.2) is 0 Å². The van der Waals surface area contributed by atoms with E-state index in [-0.39, 0.29) is 0 Å². The second-order valence-corrected chi connectivity index (χ2v) is 4.43. The first-order valence-electron chi connectivity index (χ1n) is 5.99. The number of hydrogen-bond acceptors (Lipinski definition) is 3. The normalized spacial score (nSPS) is 13.3. The first-order chi connectivity index (χ1) is 7.67. The summed E-state index contributed by atoms with van der Waals surface area (Å²) in [4.78, 5) is 6.65. The molecule has 1 rings (SSSR count). The van der Waals surface area contributed by atoms with E-state index in [0.717, 1.165) is 18.9 Å². The molecule has 0 aliphatic carbocycles. The van der Waals surface area contributed by atoms with Gasteiger partial charge in [0.1, 0.15) is 5.82 Å². The topological polar surface area (TPSA) is 33.1 Å². The van der Waals surface area contributed by atoms with Gasteiger partial charge < -0.3 is 9.88 Å². The average molecular weight is 224 g/mol. The van der Waals surface area contributed by atoms with E-state index >= 15 is 0 Å². The van der Waals surface area contributed by atoms with E-state index in [4.69, 9.17) is 0 Å². The van der Waals surface area contributed by atoms with Crippen LogP contribution in [0.3, 0.4) is 0 Å². The lowest BCUT2D eigenvalue weighted by atomic mass is 10.1. The first kappa shape index (κ1) is 13.2. The monoisotopic (exact) mass is 224 g/mol. The number of rotatable bonds is 7. The van der Waals surface area contributed by atoms with E-state index in [2.05, 4.69) is 33.7 Å². The highest BCUT2D eigenvalue weighted by molar-refractivity contribution is 4.90. The van der Waals surface area contributed by atoms with E-state index in [9.17, 15) is 0 Å². The molecule has 0 aliphatic rings. The Hall–Kier alpha value is -0.870. The summed E-state index contributed by atoms with van der Waals surface area (Å²) in [5, 5.41) is 3.36. The molecule has 16 heavy (non-hydrogen) atoms. The Morgan fingerprint density at radius 2 is 2.31 bits per heavy atom. The Labute approximate surface area is 98.7 Å². The fraction of sp³-hybridized carbons (Fsp3) is 0.750. The van der Waals surface area contributed by atoms with Crippen LogP contribution in [0.4, 0.5) is 0 Å². The predicted octanol–water partition coefficient (Wildman–Crippen LogP) is 1.24. The lowest BCUT2D eigenvalue weighted by molar-refractivity contribution is 0.271. The number of likely N-dealkylation sites (N-methyl/N-ethyl adjacent to an activating group) is 2. The van der Waals surface area contributed by atoms with Crippen LogP contribution in [0.2, 0.25) is 0 Å². The fourth-order valence-electron chi connectivity index (χ4n) is 1.91. The van der Waals surface area contributed by atoms with Gasteiger partial charge >= 0.3 is 0 Å². The average Bonchev–Trinajstić information content (AvgIpc) is 2.64. The summed E-state index contributed by atoms with van der Waals surface area (Å²) in [7, 11) is 6.22. The maximum absolute atomic E-state index is 4.34. The minimum atomic E-state index is 0.579. The molecular weight excluding hydrogens is 200 g/mol. The molecule has 92 valence electrons. The molecule has 0 aliphatic heterocycles. The van der Waals surface area contributed by atoms with Crippen LogP contribution in [0.25, 0.3) is 0 Å². The molecule has 0 amide bonds. The van der Waals surface area contributed by atoms with Gasteiger partial charge in [-0.3, -0.25) is 4.90 Å². The van der Waals surface area contributed by atoms with Crippen LogP contribution in [-0.2, 0) is 13.6 Å². The van der Waals surface area contributed by atoms with Crippen LogP contribution in [-0.4, -0.2) is 41.1 Å². The molecule has 1 unspecified atom stereocenters. The summed E-state index contributed by atoms with van der Waals surface area (Å²) in [6.45, 7) is 4.20. The van der Waals surface area contributed by atoms with E-state index in [1.54, 1.807) is 0 Å². The number of imidazole rings is 1. The summed E-state index contributed by atoms with van der Waals surface area (Å²) in [6, 6.07) is 0.579. The highest BCUT2D eigenvalue weighted by Crippen LogP contribution is 2.03. The highest BCUT2D eigenvalue weighted by atomic mass is 15.2. The predicted molar refractivity (Wildman–Crippen MR) is 67.3 cm³/mol. The molecule has 0 aromatic carbocycles. The number of hydrogen-bond donors (Lipinski definition) is 1. The van der Waals surface area contributed by atoms with Crippen LogP contribution >= 0.6 is 0 Å². The van der Waals surface area contributed by atoms with Gasteiger partial charge in [0.25, 0.3) is 0 Å². The van der Waals surface area contributed by atoms with E-state index in [1.165, 1.54) is 12.8 Å². The Bertz CT molecular complexity index is 295. The van der Waals surface area contributed by atoms with Crippen molar-refractivity contribution in [1.29, 1.82) is 0 Å². The van der Waals surface area contributed by atoms with Gasteiger partial charge in [-0.05, 0) is 20.5 Å². The summed E-state index contributed by atoms with van der Waals surface area (Å²) >= 11 is 0.